The molecule has 2 aliphatic carbocycles. The Balaban J connectivity index is 1.68. The third-order valence-electron chi connectivity index (χ3n) is 7.26. The smallest absolute Gasteiger partial charge is 0.228 e. The molecule has 0 saturated heterocycles. The zero-order valence-corrected chi connectivity index (χ0v) is 16.5. The predicted molar refractivity (Wildman–Crippen MR) is 103 cm³/mol. The summed E-state index contributed by atoms with van der Waals surface area (Å²) in [4.78, 5) is 0. The number of hydrogen-bond acceptors (Lipinski definition) is 3. The van der Waals surface area contributed by atoms with E-state index in [1.54, 1.807) is 36.4 Å². The maximum Gasteiger partial charge on any atom is 0.434 e. The summed E-state index contributed by atoms with van der Waals surface area (Å²) in [5, 5.41) is 12.7. The molecule has 2 unspecified atom stereocenters. The summed E-state index contributed by atoms with van der Waals surface area (Å²) >= 11 is 0. The SMILES string of the molecule is CC12CCC(c3cc(-c4cnn(-c5ccccc5)c4C(F)(F)F)nnc31)C2(C)C. The number of nitrogens with zero attached hydrogens (tertiary/aromatic N) is 4. The Morgan fingerprint density at radius 2 is 1.79 bits per heavy atom. The van der Waals surface area contributed by atoms with Crippen LogP contribution < -0.4 is 0 Å². The molecule has 1 saturated carbocycles. The van der Waals surface area contributed by atoms with Crippen LogP contribution in [0.5, 0.6) is 0 Å². The Morgan fingerprint density at radius 1 is 1.07 bits per heavy atom. The molecule has 5 rings (SSSR count). The van der Waals surface area contributed by atoms with Gasteiger partial charge in [0.1, 0.15) is 0 Å². The van der Waals surface area contributed by atoms with Crippen molar-refractivity contribution < 1.29 is 13.2 Å². The summed E-state index contributed by atoms with van der Waals surface area (Å²) in [5.74, 6) is 0.287. The Morgan fingerprint density at radius 3 is 2.48 bits per heavy atom. The van der Waals surface area contributed by atoms with Crippen molar-refractivity contribution in [1.82, 2.24) is 20.0 Å². The highest BCUT2D eigenvalue weighted by Gasteiger charge is 2.60. The fourth-order valence-electron chi connectivity index (χ4n) is 5.27. The van der Waals surface area contributed by atoms with Gasteiger partial charge in [-0.05, 0) is 47.9 Å². The lowest BCUT2D eigenvalue weighted by molar-refractivity contribution is -0.142. The van der Waals surface area contributed by atoms with Crippen LogP contribution in [-0.4, -0.2) is 20.0 Å². The molecule has 0 aliphatic heterocycles. The van der Waals surface area contributed by atoms with Crippen molar-refractivity contribution in [2.45, 2.75) is 51.1 Å². The largest absolute Gasteiger partial charge is 0.434 e. The van der Waals surface area contributed by atoms with Gasteiger partial charge in [-0.2, -0.15) is 28.5 Å². The molecule has 1 fully saturated rings. The second kappa shape index (κ2) is 5.68. The standard InChI is InChI=1S/C22H21F3N4/c1-20(2)16-9-10-21(20,3)18-14(16)11-17(27-28-18)15-12-26-29(19(15)22(23,24)25)13-7-5-4-6-8-13/h4-8,11-12,16H,9-10H2,1-3H3. The number of rotatable bonds is 2. The summed E-state index contributed by atoms with van der Waals surface area (Å²) in [6.07, 6.45) is -1.28. The van der Waals surface area contributed by atoms with Crippen molar-refractivity contribution in [3.05, 3.63) is 59.5 Å². The van der Waals surface area contributed by atoms with Crippen molar-refractivity contribution in [1.29, 1.82) is 0 Å². The molecule has 0 spiro atoms. The molecule has 29 heavy (non-hydrogen) atoms. The van der Waals surface area contributed by atoms with Gasteiger partial charge in [-0.3, -0.25) is 0 Å². The summed E-state index contributed by atoms with van der Waals surface area (Å²) in [5.41, 5.74) is 1.62. The molecule has 0 radical (unpaired) electrons. The second-order valence-electron chi connectivity index (χ2n) is 8.83. The second-order valence-corrected chi connectivity index (χ2v) is 8.83. The average Bonchev–Trinajstić information content (AvgIpc) is 3.27. The molecule has 2 aromatic heterocycles. The van der Waals surface area contributed by atoms with E-state index < -0.39 is 11.9 Å². The summed E-state index contributed by atoms with van der Waals surface area (Å²) in [6.45, 7) is 6.64. The van der Waals surface area contributed by atoms with Crippen LogP contribution in [0.2, 0.25) is 0 Å². The summed E-state index contributed by atoms with van der Waals surface area (Å²) in [7, 11) is 0. The van der Waals surface area contributed by atoms with Gasteiger partial charge in [0.2, 0.25) is 0 Å². The van der Waals surface area contributed by atoms with Crippen molar-refractivity contribution in [3.8, 4) is 16.9 Å². The first-order chi connectivity index (χ1) is 13.6. The number of halogens is 3. The Hall–Kier alpha value is -2.70. The normalized spacial score (nSPS) is 24.7. The number of aromatic nitrogens is 4. The highest BCUT2D eigenvalue weighted by molar-refractivity contribution is 5.65. The molecular formula is C22H21F3N4. The molecule has 0 N–H and O–H groups in total. The quantitative estimate of drug-likeness (QED) is 0.571. The van der Waals surface area contributed by atoms with Crippen LogP contribution in [0, 0.1) is 5.41 Å². The minimum Gasteiger partial charge on any atom is -0.228 e. The van der Waals surface area contributed by atoms with E-state index in [1.807, 2.05) is 0 Å². The van der Waals surface area contributed by atoms with Gasteiger partial charge >= 0.3 is 6.18 Å². The minimum atomic E-state index is -4.58. The van der Waals surface area contributed by atoms with Crippen LogP contribution in [0.3, 0.4) is 0 Å². The van der Waals surface area contributed by atoms with E-state index in [9.17, 15) is 13.2 Å². The summed E-state index contributed by atoms with van der Waals surface area (Å²) < 4.78 is 43.0. The minimum absolute atomic E-state index is 0.0176. The summed E-state index contributed by atoms with van der Waals surface area (Å²) in [6, 6.07) is 10.1. The first kappa shape index (κ1) is 18.3. The van der Waals surface area contributed by atoms with E-state index in [1.165, 1.54) is 6.20 Å². The lowest BCUT2D eigenvalue weighted by Crippen LogP contribution is -2.32. The fraction of sp³-hybridized carbons (Fsp3) is 0.409. The van der Waals surface area contributed by atoms with E-state index >= 15 is 0 Å². The van der Waals surface area contributed by atoms with Crippen LogP contribution in [0.1, 0.15) is 56.5 Å². The first-order valence-electron chi connectivity index (χ1n) is 9.74. The van der Waals surface area contributed by atoms with Crippen molar-refractivity contribution in [2.24, 2.45) is 5.41 Å². The maximum absolute atomic E-state index is 14.0. The molecule has 7 heteroatoms. The molecule has 3 aromatic rings. The van der Waals surface area contributed by atoms with Crippen LogP contribution in [0.4, 0.5) is 13.2 Å². The lowest BCUT2D eigenvalue weighted by atomic mass is 9.70. The van der Waals surface area contributed by atoms with Crippen LogP contribution in [0.15, 0.2) is 42.6 Å². The molecule has 4 nitrogen and oxygen atoms in total. The highest BCUT2D eigenvalue weighted by Crippen LogP contribution is 2.67. The van der Waals surface area contributed by atoms with Crippen LogP contribution in [-0.2, 0) is 11.6 Å². The Labute approximate surface area is 166 Å². The third kappa shape index (κ3) is 2.36. The topological polar surface area (TPSA) is 43.6 Å². The molecular weight excluding hydrogens is 377 g/mol. The maximum atomic E-state index is 14.0. The van der Waals surface area contributed by atoms with Gasteiger partial charge in [-0.25, -0.2) is 4.68 Å². The van der Waals surface area contributed by atoms with Gasteiger partial charge in [-0.15, -0.1) is 0 Å². The van der Waals surface area contributed by atoms with Crippen molar-refractivity contribution >= 4 is 0 Å². The molecule has 2 heterocycles. The number of hydrogen-bond donors (Lipinski definition) is 0. The zero-order chi connectivity index (χ0) is 20.6. The van der Waals surface area contributed by atoms with Gasteiger partial charge in [0.15, 0.2) is 5.69 Å². The first-order valence-corrected chi connectivity index (χ1v) is 9.74. The van der Waals surface area contributed by atoms with E-state index in [4.69, 9.17) is 0 Å². The molecule has 2 aliphatic rings. The van der Waals surface area contributed by atoms with E-state index in [2.05, 4.69) is 36.1 Å². The fourth-order valence-corrected chi connectivity index (χ4v) is 5.27. The van der Waals surface area contributed by atoms with Crippen LogP contribution >= 0.6 is 0 Å². The average molecular weight is 398 g/mol. The van der Waals surface area contributed by atoms with Gasteiger partial charge < -0.3 is 0 Å². The van der Waals surface area contributed by atoms with E-state index in [0.717, 1.165) is 28.8 Å². The van der Waals surface area contributed by atoms with Gasteiger partial charge in [-0.1, -0.05) is 39.0 Å². The lowest BCUT2D eigenvalue weighted by Gasteiger charge is -2.33. The van der Waals surface area contributed by atoms with Gasteiger partial charge in [0.25, 0.3) is 0 Å². The highest BCUT2D eigenvalue weighted by atomic mass is 19.4. The van der Waals surface area contributed by atoms with E-state index in [-0.39, 0.29) is 28.0 Å². The molecule has 1 aromatic carbocycles. The number of benzene rings is 1. The molecule has 2 atom stereocenters. The predicted octanol–water partition coefficient (Wildman–Crippen LogP) is 5.52. The van der Waals surface area contributed by atoms with E-state index in [0.29, 0.717) is 5.69 Å². The molecule has 2 bridgehead atoms. The number of fused-ring (bicyclic) bond motifs is 5. The van der Waals surface area contributed by atoms with Gasteiger partial charge in [0, 0.05) is 5.41 Å². The Bertz CT molecular complexity index is 1100. The number of alkyl halides is 3. The zero-order valence-electron chi connectivity index (χ0n) is 16.5. The van der Waals surface area contributed by atoms with Crippen LogP contribution in [0.25, 0.3) is 16.9 Å². The third-order valence-corrected chi connectivity index (χ3v) is 7.26. The van der Waals surface area contributed by atoms with Crippen molar-refractivity contribution in [2.75, 3.05) is 0 Å². The van der Waals surface area contributed by atoms with Gasteiger partial charge in [0.05, 0.1) is 28.8 Å². The Kier molecular flexibility index (Phi) is 3.59. The monoisotopic (exact) mass is 398 g/mol. The molecule has 150 valence electrons. The molecule has 0 amide bonds. The van der Waals surface area contributed by atoms with Crippen molar-refractivity contribution in [3.63, 3.8) is 0 Å². The number of para-hydroxylation sites is 1.